The highest BCUT2D eigenvalue weighted by Gasteiger charge is 2.14. The van der Waals surface area contributed by atoms with Crippen molar-refractivity contribution < 1.29 is 12.6 Å². The predicted octanol–water partition coefficient (Wildman–Crippen LogP) is 3.60. The van der Waals surface area contributed by atoms with Gasteiger partial charge >= 0.3 is 0 Å². The van der Waals surface area contributed by atoms with Crippen molar-refractivity contribution in [1.82, 2.24) is 0 Å². The van der Waals surface area contributed by atoms with Crippen LogP contribution in [0.1, 0.15) is 78.1 Å². The number of rotatable bonds is 14. The van der Waals surface area contributed by atoms with E-state index in [1.165, 1.54) is 44.9 Å². The van der Waals surface area contributed by atoms with Crippen LogP contribution < -0.4 is 5.73 Å². The van der Waals surface area contributed by atoms with Gasteiger partial charge in [-0.3, -0.25) is 4.18 Å². The zero-order valence-electron chi connectivity index (χ0n) is 13.3. The first-order valence-corrected chi connectivity index (χ1v) is 9.70. The van der Waals surface area contributed by atoms with E-state index in [2.05, 4.69) is 6.92 Å². The molecule has 2 N–H and O–H groups in total. The molecule has 5 heteroatoms. The van der Waals surface area contributed by atoms with Crippen molar-refractivity contribution in [3.05, 3.63) is 0 Å². The molecule has 0 aliphatic heterocycles. The lowest BCUT2D eigenvalue weighted by molar-refractivity contribution is 0.236. The highest BCUT2D eigenvalue weighted by molar-refractivity contribution is 7.86. The van der Waals surface area contributed by atoms with Crippen molar-refractivity contribution in [3.8, 4) is 0 Å². The number of hydrogen-bond acceptors (Lipinski definition) is 4. The molecule has 0 saturated heterocycles. The topological polar surface area (TPSA) is 69.4 Å². The molecule has 0 aromatic rings. The standard InChI is InChI=1S/C15H33NO3S/c1-3-4-5-6-7-8-9-10-11-12-13-20(17,18)19-15(2)14-16/h15H,3-14,16H2,1-2H3. The van der Waals surface area contributed by atoms with Gasteiger partial charge in [-0.2, -0.15) is 8.42 Å². The van der Waals surface area contributed by atoms with Crippen LogP contribution >= 0.6 is 0 Å². The van der Waals surface area contributed by atoms with Gasteiger partial charge in [0, 0.05) is 6.54 Å². The fourth-order valence-electron chi connectivity index (χ4n) is 2.10. The maximum absolute atomic E-state index is 11.6. The van der Waals surface area contributed by atoms with Gasteiger partial charge in [0.25, 0.3) is 10.1 Å². The van der Waals surface area contributed by atoms with E-state index in [1.807, 2.05) is 0 Å². The first-order valence-electron chi connectivity index (χ1n) is 8.13. The monoisotopic (exact) mass is 307 g/mol. The second-order valence-electron chi connectivity index (χ2n) is 5.59. The largest absolute Gasteiger partial charge is 0.328 e. The van der Waals surface area contributed by atoms with Crippen molar-refractivity contribution in [1.29, 1.82) is 0 Å². The molecule has 0 spiro atoms. The summed E-state index contributed by atoms with van der Waals surface area (Å²) in [6.07, 6.45) is 11.5. The lowest BCUT2D eigenvalue weighted by atomic mass is 10.1. The zero-order valence-corrected chi connectivity index (χ0v) is 14.1. The van der Waals surface area contributed by atoms with Crippen LogP contribution in [0.5, 0.6) is 0 Å². The molecular formula is C15H33NO3S. The molecule has 0 rings (SSSR count). The summed E-state index contributed by atoms with van der Waals surface area (Å²) in [6, 6.07) is 0. The lowest BCUT2D eigenvalue weighted by Crippen LogP contribution is -2.25. The van der Waals surface area contributed by atoms with E-state index < -0.39 is 16.2 Å². The minimum Gasteiger partial charge on any atom is -0.328 e. The van der Waals surface area contributed by atoms with Crippen molar-refractivity contribution in [3.63, 3.8) is 0 Å². The van der Waals surface area contributed by atoms with Crippen molar-refractivity contribution in [2.45, 2.75) is 84.2 Å². The molecule has 0 aliphatic rings. The molecule has 0 aliphatic carbocycles. The quantitative estimate of drug-likeness (QED) is 0.393. The van der Waals surface area contributed by atoms with Gasteiger partial charge < -0.3 is 5.73 Å². The van der Waals surface area contributed by atoms with E-state index in [9.17, 15) is 8.42 Å². The van der Waals surface area contributed by atoms with Crippen molar-refractivity contribution in [2.75, 3.05) is 12.3 Å². The second-order valence-corrected chi connectivity index (χ2v) is 7.30. The highest BCUT2D eigenvalue weighted by atomic mass is 32.2. The smallest absolute Gasteiger partial charge is 0.267 e. The summed E-state index contributed by atoms with van der Waals surface area (Å²) in [5.41, 5.74) is 5.34. The molecule has 0 aromatic heterocycles. The van der Waals surface area contributed by atoms with Crippen LogP contribution in [0.2, 0.25) is 0 Å². The van der Waals surface area contributed by atoms with Gasteiger partial charge in [-0.1, -0.05) is 64.7 Å². The Morgan fingerprint density at radius 2 is 1.35 bits per heavy atom. The average molecular weight is 308 g/mol. The van der Waals surface area contributed by atoms with Crippen LogP contribution in [0.25, 0.3) is 0 Å². The molecule has 0 aromatic carbocycles. The predicted molar refractivity (Wildman–Crippen MR) is 85.2 cm³/mol. The van der Waals surface area contributed by atoms with Gasteiger partial charge in [0.05, 0.1) is 11.9 Å². The highest BCUT2D eigenvalue weighted by Crippen LogP contribution is 2.11. The Morgan fingerprint density at radius 3 is 1.80 bits per heavy atom. The summed E-state index contributed by atoms with van der Waals surface area (Å²) in [4.78, 5) is 0. The second kappa shape index (κ2) is 12.6. The maximum atomic E-state index is 11.6. The van der Waals surface area contributed by atoms with E-state index >= 15 is 0 Å². The third kappa shape index (κ3) is 12.9. The van der Waals surface area contributed by atoms with E-state index in [-0.39, 0.29) is 12.3 Å². The molecule has 0 saturated carbocycles. The Morgan fingerprint density at radius 1 is 0.900 bits per heavy atom. The first-order chi connectivity index (χ1) is 9.52. The molecule has 1 atom stereocenters. The van der Waals surface area contributed by atoms with E-state index in [0.717, 1.165) is 12.8 Å². The summed E-state index contributed by atoms with van der Waals surface area (Å²) < 4.78 is 28.0. The minimum absolute atomic E-state index is 0.119. The number of hydrogen-bond donors (Lipinski definition) is 1. The molecule has 122 valence electrons. The van der Waals surface area contributed by atoms with Crippen LogP contribution in [0, 0.1) is 0 Å². The Kier molecular flexibility index (Phi) is 12.5. The Balaban J connectivity index is 3.39. The summed E-state index contributed by atoms with van der Waals surface area (Å²) in [7, 11) is -3.38. The molecule has 20 heavy (non-hydrogen) atoms. The fourth-order valence-corrected chi connectivity index (χ4v) is 3.34. The summed E-state index contributed by atoms with van der Waals surface area (Å²) in [5, 5.41) is 0. The van der Waals surface area contributed by atoms with E-state index in [4.69, 9.17) is 9.92 Å². The van der Waals surface area contributed by atoms with E-state index in [1.54, 1.807) is 6.92 Å². The zero-order chi connectivity index (χ0) is 15.3. The Hall–Kier alpha value is -0.130. The normalized spacial score (nSPS) is 13.6. The Labute approximate surface area is 125 Å². The molecule has 1 unspecified atom stereocenters. The van der Waals surface area contributed by atoms with E-state index in [0.29, 0.717) is 6.42 Å². The molecule has 0 radical (unpaired) electrons. The molecule has 0 fully saturated rings. The van der Waals surface area contributed by atoms with Gasteiger partial charge in [-0.15, -0.1) is 0 Å². The third-order valence-electron chi connectivity index (χ3n) is 3.39. The number of unbranched alkanes of at least 4 members (excludes halogenated alkanes) is 9. The van der Waals surface area contributed by atoms with Crippen LogP contribution in [-0.2, 0) is 14.3 Å². The summed E-state index contributed by atoms with van der Waals surface area (Å²) >= 11 is 0. The molecular weight excluding hydrogens is 274 g/mol. The van der Waals surface area contributed by atoms with Crippen LogP contribution in [0.4, 0.5) is 0 Å². The average Bonchev–Trinajstić information content (AvgIpc) is 2.40. The molecule has 0 amide bonds. The molecule has 0 heterocycles. The van der Waals surface area contributed by atoms with Gasteiger partial charge in [0.2, 0.25) is 0 Å². The van der Waals surface area contributed by atoms with Gasteiger partial charge in [0.1, 0.15) is 0 Å². The summed E-state index contributed by atoms with van der Waals surface area (Å²) in [5.74, 6) is 0.119. The molecule has 0 bridgehead atoms. The fraction of sp³-hybridized carbons (Fsp3) is 1.00. The van der Waals surface area contributed by atoms with Crippen molar-refractivity contribution in [2.24, 2.45) is 5.73 Å². The first kappa shape index (κ1) is 19.9. The van der Waals surface area contributed by atoms with Crippen molar-refractivity contribution >= 4 is 10.1 Å². The van der Waals surface area contributed by atoms with Crippen LogP contribution in [-0.4, -0.2) is 26.8 Å². The Bertz CT molecular complexity index is 304. The van der Waals surface area contributed by atoms with Crippen LogP contribution in [0.3, 0.4) is 0 Å². The van der Waals surface area contributed by atoms with Gasteiger partial charge in [-0.05, 0) is 13.3 Å². The summed E-state index contributed by atoms with van der Waals surface area (Å²) in [6.45, 7) is 4.14. The molecule has 4 nitrogen and oxygen atoms in total. The lowest BCUT2D eigenvalue weighted by Gasteiger charge is -2.10. The third-order valence-corrected chi connectivity index (χ3v) is 4.80. The van der Waals surface area contributed by atoms with Crippen LogP contribution in [0.15, 0.2) is 0 Å². The SMILES string of the molecule is CCCCCCCCCCCCS(=O)(=O)OC(C)CN. The minimum atomic E-state index is -3.38. The maximum Gasteiger partial charge on any atom is 0.267 e. The number of nitrogens with two attached hydrogens (primary N) is 1. The van der Waals surface area contributed by atoms with Gasteiger partial charge in [0.15, 0.2) is 0 Å². The van der Waals surface area contributed by atoms with Gasteiger partial charge in [-0.25, -0.2) is 0 Å².